The monoisotopic (exact) mass is 495 g/mol. The Morgan fingerprint density at radius 1 is 1.09 bits per heavy atom. The number of nitrogens with zero attached hydrogens (tertiary/aromatic N) is 1. The van der Waals surface area contributed by atoms with Crippen molar-refractivity contribution < 1.29 is 18.7 Å². The molecule has 0 radical (unpaired) electrons. The number of halogens is 3. The molecule has 0 saturated carbocycles. The normalized spacial score (nSPS) is 20.9. The lowest BCUT2D eigenvalue weighted by Gasteiger charge is -2.34. The van der Waals surface area contributed by atoms with Gasteiger partial charge in [0.25, 0.3) is 0 Å². The third-order valence-electron chi connectivity index (χ3n) is 6.56. The molecule has 1 aliphatic carbocycles. The van der Waals surface area contributed by atoms with E-state index in [0.717, 1.165) is 48.6 Å². The summed E-state index contributed by atoms with van der Waals surface area (Å²) < 4.78 is 27.3. The van der Waals surface area contributed by atoms with Gasteiger partial charge in [0.2, 0.25) is 5.78 Å². The molecule has 4 rings (SSSR count). The van der Waals surface area contributed by atoms with Crippen molar-refractivity contribution in [2.45, 2.75) is 51.7 Å². The predicted octanol–water partition coefficient (Wildman–Crippen LogP) is 6.31. The smallest absolute Gasteiger partial charge is 0.200 e. The second-order valence-electron chi connectivity index (χ2n) is 8.81. The average molecular weight is 496 g/mol. The maximum Gasteiger partial charge on any atom is 0.200 e. The summed E-state index contributed by atoms with van der Waals surface area (Å²) in [4.78, 5) is 15.4. The second kappa shape index (κ2) is 11.1. The topological polar surface area (TPSA) is 38.8 Å². The first-order valence-electron chi connectivity index (χ1n) is 11.6. The zero-order chi connectivity index (χ0) is 22.7. The Balaban J connectivity index is 0.00000306. The van der Waals surface area contributed by atoms with E-state index in [9.17, 15) is 4.79 Å². The first kappa shape index (κ1) is 25.8. The summed E-state index contributed by atoms with van der Waals surface area (Å²) in [6.45, 7) is 7.29. The fourth-order valence-electron chi connectivity index (χ4n) is 4.96. The minimum absolute atomic E-state index is 0. The molecule has 7 heteroatoms. The van der Waals surface area contributed by atoms with Crippen molar-refractivity contribution in [3.8, 4) is 11.5 Å². The van der Waals surface area contributed by atoms with E-state index < -0.39 is 11.5 Å². The quantitative estimate of drug-likeness (QED) is 0.430. The van der Waals surface area contributed by atoms with Gasteiger partial charge in [-0.3, -0.25) is 9.69 Å². The Kier molecular flexibility index (Phi) is 8.65. The molecule has 0 N–H and O–H groups in total. The lowest BCUT2D eigenvalue weighted by atomic mass is 9.83. The number of carbonyl (C=O) groups is 1. The van der Waals surface area contributed by atoms with E-state index in [0.29, 0.717) is 30.3 Å². The Morgan fingerprint density at radius 3 is 2.36 bits per heavy atom. The molecule has 1 fully saturated rings. The highest BCUT2D eigenvalue weighted by Gasteiger charge is 2.48. The molecule has 2 aromatic rings. The van der Waals surface area contributed by atoms with E-state index in [4.69, 9.17) is 21.1 Å². The molecule has 1 unspecified atom stereocenters. The first-order valence-corrected chi connectivity index (χ1v) is 11.9. The van der Waals surface area contributed by atoms with Gasteiger partial charge in [-0.25, -0.2) is 4.39 Å². The minimum atomic E-state index is -1.84. The number of likely N-dealkylation sites (tertiary alicyclic amines) is 1. The van der Waals surface area contributed by atoms with Crippen LogP contribution < -0.4 is 9.47 Å². The Bertz CT molecular complexity index is 978. The molecule has 0 aromatic heterocycles. The van der Waals surface area contributed by atoms with Gasteiger partial charge < -0.3 is 9.47 Å². The fraction of sp³-hybridized carbons (Fsp3) is 0.500. The molecule has 4 nitrogen and oxygen atoms in total. The molecule has 1 saturated heterocycles. The van der Waals surface area contributed by atoms with Crippen LogP contribution in [0.2, 0.25) is 5.02 Å². The summed E-state index contributed by atoms with van der Waals surface area (Å²) in [6.07, 6.45) is 2.16. The first-order chi connectivity index (χ1) is 15.4. The lowest BCUT2D eigenvalue weighted by Crippen LogP contribution is -2.39. The maximum absolute atomic E-state index is 16.0. The van der Waals surface area contributed by atoms with Gasteiger partial charge in [0, 0.05) is 23.6 Å². The van der Waals surface area contributed by atoms with Crippen LogP contribution in [-0.2, 0) is 13.0 Å². The summed E-state index contributed by atoms with van der Waals surface area (Å²) in [6, 6.07) is 11.3. The number of hydrogen-bond donors (Lipinski definition) is 0. The molecule has 180 valence electrons. The van der Waals surface area contributed by atoms with E-state index in [2.05, 4.69) is 4.90 Å². The second-order valence-corrected chi connectivity index (χ2v) is 9.22. The van der Waals surface area contributed by atoms with Crippen molar-refractivity contribution in [2.24, 2.45) is 5.92 Å². The molecule has 33 heavy (non-hydrogen) atoms. The number of ether oxygens (including phenoxy) is 2. The SMILES string of the molecule is CCOc1cc2c(cc1OCC)C(=O)C(F)(CC1CCN(Cc3ccccc3Cl)CC1)C2.Cl. The molecular weight excluding hydrogens is 464 g/mol. The fourth-order valence-corrected chi connectivity index (χ4v) is 5.15. The third-order valence-corrected chi connectivity index (χ3v) is 6.93. The number of hydrogen-bond acceptors (Lipinski definition) is 4. The molecule has 0 amide bonds. The zero-order valence-corrected chi connectivity index (χ0v) is 20.8. The van der Waals surface area contributed by atoms with Gasteiger partial charge in [0.1, 0.15) is 0 Å². The van der Waals surface area contributed by atoms with Crippen LogP contribution >= 0.6 is 24.0 Å². The highest BCUT2D eigenvalue weighted by molar-refractivity contribution is 6.31. The summed E-state index contributed by atoms with van der Waals surface area (Å²) >= 11 is 6.29. The molecule has 0 bridgehead atoms. The Hall–Kier alpha value is -1.82. The van der Waals surface area contributed by atoms with Gasteiger partial charge in [-0.05, 0) is 81.4 Å². The van der Waals surface area contributed by atoms with Crippen LogP contribution in [0.3, 0.4) is 0 Å². The van der Waals surface area contributed by atoms with Gasteiger partial charge in [0.15, 0.2) is 17.2 Å². The number of benzene rings is 2. The molecule has 1 heterocycles. The highest BCUT2D eigenvalue weighted by Crippen LogP contribution is 2.43. The zero-order valence-electron chi connectivity index (χ0n) is 19.2. The van der Waals surface area contributed by atoms with Crippen LogP contribution in [0.25, 0.3) is 0 Å². The van der Waals surface area contributed by atoms with Gasteiger partial charge >= 0.3 is 0 Å². The van der Waals surface area contributed by atoms with Crippen molar-refractivity contribution in [2.75, 3.05) is 26.3 Å². The highest BCUT2D eigenvalue weighted by atomic mass is 35.5. The van der Waals surface area contributed by atoms with Gasteiger partial charge in [-0.15, -0.1) is 12.4 Å². The van der Waals surface area contributed by atoms with E-state index in [-0.39, 0.29) is 31.2 Å². The maximum atomic E-state index is 16.0. The van der Waals surface area contributed by atoms with Gasteiger partial charge in [-0.1, -0.05) is 29.8 Å². The molecule has 2 aliphatic rings. The van der Waals surface area contributed by atoms with Crippen molar-refractivity contribution in [3.63, 3.8) is 0 Å². The van der Waals surface area contributed by atoms with Crippen LogP contribution in [-0.4, -0.2) is 42.7 Å². The summed E-state index contributed by atoms with van der Waals surface area (Å²) in [5, 5.41) is 0.782. The Morgan fingerprint density at radius 2 is 1.73 bits per heavy atom. The molecule has 1 aliphatic heterocycles. The number of carbonyl (C=O) groups excluding carboxylic acids is 1. The van der Waals surface area contributed by atoms with Crippen LogP contribution in [0.4, 0.5) is 4.39 Å². The van der Waals surface area contributed by atoms with Crippen molar-refractivity contribution >= 4 is 29.8 Å². The van der Waals surface area contributed by atoms with E-state index >= 15 is 4.39 Å². The summed E-state index contributed by atoms with van der Waals surface area (Å²) in [5.41, 5.74) is 0.439. The van der Waals surface area contributed by atoms with Crippen LogP contribution in [0.5, 0.6) is 11.5 Å². The van der Waals surface area contributed by atoms with Gasteiger partial charge in [0.05, 0.1) is 13.2 Å². The standard InChI is InChI=1S/C26H31ClFNO3.ClH/c1-3-31-23-13-20-16-26(28,25(30)21(20)14-24(23)32-4-2)15-18-9-11-29(12-10-18)17-19-7-5-6-8-22(19)27;/h5-8,13-14,18H,3-4,9-12,15-17H2,1-2H3;1H. The molecule has 1 atom stereocenters. The number of alkyl halides is 1. The van der Waals surface area contributed by atoms with Gasteiger partial charge in [-0.2, -0.15) is 0 Å². The van der Waals surface area contributed by atoms with Crippen LogP contribution in [0, 0.1) is 5.92 Å². The van der Waals surface area contributed by atoms with Crippen molar-refractivity contribution in [1.29, 1.82) is 0 Å². The summed E-state index contributed by atoms with van der Waals surface area (Å²) in [5.74, 6) is 0.880. The molecule has 2 aromatic carbocycles. The van der Waals surface area contributed by atoms with E-state index in [1.807, 2.05) is 38.1 Å². The van der Waals surface area contributed by atoms with Crippen LogP contribution in [0.15, 0.2) is 36.4 Å². The number of rotatable bonds is 8. The summed E-state index contributed by atoms with van der Waals surface area (Å²) in [7, 11) is 0. The number of Topliss-reactive ketones (excluding diaryl/α,β-unsaturated/α-hetero) is 1. The number of fused-ring (bicyclic) bond motifs is 1. The molecule has 0 spiro atoms. The number of piperidine rings is 1. The molecular formula is C26H32Cl2FNO3. The predicted molar refractivity (Wildman–Crippen MR) is 132 cm³/mol. The largest absolute Gasteiger partial charge is 0.490 e. The lowest BCUT2D eigenvalue weighted by molar-refractivity contribution is 0.0587. The van der Waals surface area contributed by atoms with Crippen molar-refractivity contribution in [3.05, 3.63) is 58.1 Å². The number of ketones is 1. The van der Waals surface area contributed by atoms with Crippen LogP contribution in [0.1, 0.15) is 54.6 Å². The average Bonchev–Trinajstić information content (AvgIpc) is 3.01. The van der Waals surface area contributed by atoms with E-state index in [1.54, 1.807) is 12.1 Å². The third kappa shape index (κ3) is 5.64. The van der Waals surface area contributed by atoms with Crippen molar-refractivity contribution in [1.82, 2.24) is 4.90 Å². The minimum Gasteiger partial charge on any atom is -0.490 e. The Labute approximate surface area is 206 Å². The van der Waals surface area contributed by atoms with E-state index in [1.165, 1.54) is 0 Å².